The Morgan fingerprint density at radius 1 is 1.42 bits per heavy atom. The molecule has 0 aliphatic carbocycles. The molecule has 2 N–H and O–H groups in total. The first kappa shape index (κ1) is 15.0. The van der Waals surface area contributed by atoms with Crippen LogP contribution in [0.2, 0.25) is 0 Å². The second kappa shape index (κ2) is 6.35. The van der Waals surface area contributed by atoms with E-state index in [0.29, 0.717) is 18.6 Å². The normalized spacial score (nSPS) is 23.5. The lowest BCUT2D eigenvalue weighted by Gasteiger charge is -2.43. The van der Waals surface area contributed by atoms with Crippen LogP contribution < -0.4 is 5.73 Å². The van der Waals surface area contributed by atoms with Gasteiger partial charge in [0.05, 0.1) is 0 Å². The maximum atomic E-state index is 6.06. The smallest absolute Gasteiger partial charge is 0.0485 e. The number of hydrogen-bond donors (Lipinski definition) is 1. The minimum Gasteiger partial charge on any atom is -0.329 e. The van der Waals surface area contributed by atoms with Gasteiger partial charge in [0.25, 0.3) is 0 Å². The van der Waals surface area contributed by atoms with Crippen molar-refractivity contribution in [2.45, 2.75) is 25.9 Å². The fourth-order valence-electron chi connectivity index (χ4n) is 2.96. The highest BCUT2D eigenvalue weighted by Crippen LogP contribution is 2.30. The summed E-state index contributed by atoms with van der Waals surface area (Å²) in [6.45, 7) is 8.38. The molecule has 3 nitrogen and oxygen atoms in total. The second-order valence-corrected chi connectivity index (χ2v) is 6.48. The van der Waals surface area contributed by atoms with E-state index in [1.54, 1.807) is 0 Å². The average Bonchev–Trinajstić information content (AvgIpc) is 2.34. The van der Waals surface area contributed by atoms with Crippen molar-refractivity contribution >= 4 is 15.9 Å². The van der Waals surface area contributed by atoms with E-state index in [4.69, 9.17) is 5.73 Å². The van der Waals surface area contributed by atoms with Gasteiger partial charge in [-0.05, 0) is 38.1 Å². The molecule has 1 aromatic carbocycles. The maximum Gasteiger partial charge on any atom is 0.0485 e. The monoisotopic (exact) mass is 325 g/mol. The van der Waals surface area contributed by atoms with Gasteiger partial charge < -0.3 is 10.6 Å². The lowest BCUT2D eigenvalue weighted by atomic mass is 10.0. The van der Waals surface area contributed by atoms with Crippen molar-refractivity contribution in [3.8, 4) is 0 Å². The summed E-state index contributed by atoms with van der Waals surface area (Å²) >= 11 is 3.69. The van der Waals surface area contributed by atoms with E-state index >= 15 is 0 Å². The van der Waals surface area contributed by atoms with E-state index in [-0.39, 0.29) is 0 Å². The fraction of sp³-hybridized carbons (Fsp3) is 0.600. The Hall–Kier alpha value is -0.420. The predicted octanol–water partition coefficient (Wildman–Crippen LogP) is 2.39. The first-order valence-electron chi connectivity index (χ1n) is 6.93. The molecule has 2 atom stereocenters. The van der Waals surface area contributed by atoms with Gasteiger partial charge in [-0.3, -0.25) is 4.90 Å². The first-order chi connectivity index (χ1) is 9.02. The summed E-state index contributed by atoms with van der Waals surface area (Å²) in [4.78, 5) is 4.92. The van der Waals surface area contributed by atoms with Gasteiger partial charge in [0.15, 0.2) is 0 Å². The Morgan fingerprint density at radius 2 is 2.16 bits per heavy atom. The number of nitrogens with two attached hydrogens (primary N) is 1. The maximum absolute atomic E-state index is 6.06. The first-order valence-corrected chi connectivity index (χ1v) is 7.72. The third kappa shape index (κ3) is 3.37. The van der Waals surface area contributed by atoms with Crippen molar-refractivity contribution in [1.82, 2.24) is 9.80 Å². The SMILES string of the molecule is Cc1ccc(C(CN)N2CCN(C)CC2C)c(Br)c1. The Labute approximate surface area is 124 Å². The van der Waals surface area contributed by atoms with Crippen molar-refractivity contribution < 1.29 is 0 Å². The van der Waals surface area contributed by atoms with Gasteiger partial charge in [-0.1, -0.05) is 28.1 Å². The predicted molar refractivity (Wildman–Crippen MR) is 84.3 cm³/mol. The number of benzene rings is 1. The quantitative estimate of drug-likeness (QED) is 0.926. The van der Waals surface area contributed by atoms with Crippen LogP contribution in [0.5, 0.6) is 0 Å². The number of halogens is 1. The van der Waals surface area contributed by atoms with Gasteiger partial charge in [-0.2, -0.15) is 0 Å². The Balaban J connectivity index is 2.24. The van der Waals surface area contributed by atoms with Crippen molar-refractivity contribution in [3.05, 3.63) is 33.8 Å². The molecule has 1 saturated heterocycles. The number of hydrogen-bond acceptors (Lipinski definition) is 3. The molecule has 0 aromatic heterocycles. The zero-order valence-corrected chi connectivity index (χ0v) is 13.7. The second-order valence-electron chi connectivity index (χ2n) is 5.63. The van der Waals surface area contributed by atoms with Crippen molar-refractivity contribution in [2.24, 2.45) is 5.73 Å². The Morgan fingerprint density at radius 3 is 2.74 bits per heavy atom. The molecule has 1 heterocycles. The van der Waals surface area contributed by atoms with Crippen molar-refractivity contribution in [3.63, 3.8) is 0 Å². The Bertz CT molecular complexity index is 435. The molecular weight excluding hydrogens is 302 g/mol. The molecule has 1 aliphatic heterocycles. The van der Waals surface area contributed by atoms with Gasteiger partial charge >= 0.3 is 0 Å². The largest absolute Gasteiger partial charge is 0.329 e. The molecule has 0 radical (unpaired) electrons. The summed E-state index contributed by atoms with van der Waals surface area (Å²) < 4.78 is 1.18. The standard InChI is InChI=1S/C15H24BrN3/c1-11-4-5-13(14(16)8-11)15(9-17)19-7-6-18(3)10-12(19)2/h4-5,8,12,15H,6-7,9-10,17H2,1-3H3. The number of rotatable bonds is 3. The molecule has 0 saturated carbocycles. The Kier molecular flexibility index (Phi) is 5.01. The molecule has 0 bridgehead atoms. The molecule has 1 aromatic rings. The fourth-order valence-corrected chi connectivity index (χ4v) is 3.72. The molecule has 19 heavy (non-hydrogen) atoms. The van der Waals surface area contributed by atoms with Crippen molar-refractivity contribution in [1.29, 1.82) is 0 Å². The van der Waals surface area contributed by atoms with Gasteiger partial charge in [0, 0.05) is 42.7 Å². The van der Waals surface area contributed by atoms with Crippen LogP contribution in [0.1, 0.15) is 24.1 Å². The summed E-state index contributed by atoms with van der Waals surface area (Å²) in [5, 5.41) is 0. The zero-order valence-electron chi connectivity index (χ0n) is 12.1. The summed E-state index contributed by atoms with van der Waals surface area (Å²) in [5.41, 5.74) is 8.65. The van der Waals surface area contributed by atoms with Gasteiger partial charge in [-0.15, -0.1) is 0 Å². The van der Waals surface area contributed by atoms with Crippen LogP contribution >= 0.6 is 15.9 Å². The van der Waals surface area contributed by atoms with Crippen LogP contribution in [-0.2, 0) is 0 Å². The highest BCUT2D eigenvalue weighted by atomic mass is 79.9. The lowest BCUT2D eigenvalue weighted by Crippen LogP contribution is -2.52. The van der Waals surface area contributed by atoms with Gasteiger partial charge in [0.1, 0.15) is 0 Å². The molecular formula is C15H24BrN3. The minimum absolute atomic E-state index is 0.304. The summed E-state index contributed by atoms with van der Waals surface area (Å²) in [5.74, 6) is 0. The molecule has 0 amide bonds. The highest BCUT2D eigenvalue weighted by molar-refractivity contribution is 9.10. The average molecular weight is 326 g/mol. The molecule has 2 rings (SSSR count). The molecule has 1 aliphatic rings. The lowest BCUT2D eigenvalue weighted by molar-refractivity contribution is 0.0633. The third-order valence-corrected chi connectivity index (χ3v) is 4.71. The number of nitrogens with zero attached hydrogens (tertiary/aromatic N) is 2. The van der Waals surface area contributed by atoms with Crippen molar-refractivity contribution in [2.75, 3.05) is 33.2 Å². The van der Waals surface area contributed by atoms with Crippen LogP contribution in [-0.4, -0.2) is 49.1 Å². The van der Waals surface area contributed by atoms with E-state index in [9.17, 15) is 0 Å². The number of likely N-dealkylation sites (N-methyl/N-ethyl adjacent to an activating group) is 1. The van der Waals surface area contributed by atoms with Crippen LogP contribution in [0.25, 0.3) is 0 Å². The van der Waals surface area contributed by atoms with Crippen LogP contribution in [0.4, 0.5) is 0 Å². The zero-order chi connectivity index (χ0) is 14.0. The molecule has 0 spiro atoms. The summed E-state index contributed by atoms with van der Waals surface area (Å²) in [6, 6.07) is 7.41. The topological polar surface area (TPSA) is 32.5 Å². The van der Waals surface area contributed by atoms with E-state index < -0.39 is 0 Å². The van der Waals surface area contributed by atoms with E-state index in [1.807, 2.05) is 0 Å². The molecule has 1 fully saturated rings. The minimum atomic E-state index is 0.304. The summed E-state index contributed by atoms with van der Waals surface area (Å²) in [7, 11) is 2.19. The third-order valence-electron chi connectivity index (χ3n) is 4.02. The van der Waals surface area contributed by atoms with Gasteiger partial charge in [-0.25, -0.2) is 0 Å². The van der Waals surface area contributed by atoms with Crippen LogP contribution in [0, 0.1) is 6.92 Å². The van der Waals surface area contributed by atoms with E-state index in [1.165, 1.54) is 15.6 Å². The number of piperazine rings is 1. The van der Waals surface area contributed by atoms with Crippen LogP contribution in [0.3, 0.4) is 0 Å². The van der Waals surface area contributed by atoms with Gasteiger partial charge in [0.2, 0.25) is 0 Å². The van der Waals surface area contributed by atoms with Crippen LogP contribution in [0.15, 0.2) is 22.7 Å². The van der Waals surface area contributed by atoms with E-state index in [2.05, 4.69) is 64.8 Å². The molecule has 2 unspecified atom stereocenters. The van der Waals surface area contributed by atoms with E-state index in [0.717, 1.165) is 19.6 Å². The summed E-state index contributed by atoms with van der Waals surface area (Å²) in [6.07, 6.45) is 0. The highest BCUT2D eigenvalue weighted by Gasteiger charge is 2.29. The molecule has 106 valence electrons. The molecule has 4 heteroatoms. The number of aryl methyl sites for hydroxylation is 1.